The second kappa shape index (κ2) is 3.33. The standard InChI is InChI=1S/C8H6F4O/c1-3-5(9)2-4(8(12)13)7(11)6(3)10/h2,8,13H,1H3. The summed E-state index contributed by atoms with van der Waals surface area (Å²) in [5, 5.41) is 8.30. The lowest BCUT2D eigenvalue weighted by Gasteiger charge is -2.06. The third-order valence-electron chi connectivity index (χ3n) is 1.67. The molecule has 0 spiro atoms. The quantitative estimate of drug-likeness (QED) is 0.537. The van der Waals surface area contributed by atoms with Crippen molar-refractivity contribution in [3.63, 3.8) is 0 Å². The van der Waals surface area contributed by atoms with Gasteiger partial charge >= 0.3 is 0 Å². The van der Waals surface area contributed by atoms with Gasteiger partial charge in [-0.2, -0.15) is 0 Å². The third-order valence-corrected chi connectivity index (χ3v) is 1.67. The summed E-state index contributed by atoms with van der Waals surface area (Å²) >= 11 is 0. The van der Waals surface area contributed by atoms with Crippen LogP contribution in [0.1, 0.15) is 17.5 Å². The monoisotopic (exact) mass is 194 g/mol. The highest BCUT2D eigenvalue weighted by Crippen LogP contribution is 2.24. The first-order valence-electron chi connectivity index (χ1n) is 3.41. The molecule has 1 atom stereocenters. The number of aliphatic hydroxyl groups excluding tert-OH is 1. The van der Waals surface area contributed by atoms with E-state index in [-0.39, 0.29) is 0 Å². The van der Waals surface area contributed by atoms with Crippen LogP contribution in [-0.4, -0.2) is 5.11 Å². The van der Waals surface area contributed by atoms with Crippen LogP contribution in [0.5, 0.6) is 0 Å². The summed E-state index contributed by atoms with van der Waals surface area (Å²) < 4.78 is 50.3. The number of hydrogen-bond donors (Lipinski definition) is 1. The maximum atomic E-state index is 12.8. The van der Waals surface area contributed by atoms with Gasteiger partial charge in [-0.25, -0.2) is 17.6 Å². The van der Waals surface area contributed by atoms with E-state index in [0.29, 0.717) is 6.07 Å². The van der Waals surface area contributed by atoms with E-state index in [1.165, 1.54) is 0 Å². The predicted octanol–water partition coefficient (Wildman–Crippen LogP) is 2.37. The molecule has 0 saturated carbocycles. The molecule has 0 amide bonds. The van der Waals surface area contributed by atoms with Gasteiger partial charge in [0.2, 0.25) is 6.36 Å². The van der Waals surface area contributed by atoms with Crippen molar-refractivity contribution in [3.05, 3.63) is 34.6 Å². The van der Waals surface area contributed by atoms with Gasteiger partial charge in [0, 0.05) is 5.56 Å². The molecule has 13 heavy (non-hydrogen) atoms. The highest BCUT2D eigenvalue weighted by Gasteiger charge is 2.20. The van der Waals surface area contributed by atoms with E-state index in [1.807, 2.05) is 0 Å². The van der Waals surface area contributed by atoms with Crippen LogP contribution in [0.25, 0.3) is 0 Å². The van der Waals surface area contributed by atoms with Gasteiger partial charge in [0.1, 0.15) is 5.82 Å². The molecule has 0 heterocycles. The molecule has 0 aliphatic carbocycles. The van der Waals surface area contributed by atoms with Gasteiger partial charge in [-0.3, -0.25) is 0 Å². The summed E-state index contributed by atoms with van der Waals surface area (Å²) in [4.78, 5) is 0. The van der Waals surface area contributed by atoms with Crippen LogP contribution in [0.3, 0.4) is 0 Å². The Hall–Kier alpha value is -1.10. The zero-order valence-electron chi connectivity index (χ0n) is 6.61. The van der Waals surface area contributed by atoms with Crippen molar-refractivity contribution in [2.24, 2.45) is 0 Å². The van der Waals surface area contributed by atoms with E-state index in [1.54, 1.807) is 0 Å². The van der Waals surface area contributed by atoms with Crippen molar-refractivity contribution in [1.29, 1.82) is 0 Å². The Morgan fingerprint density at radius 2 is 1.77 bits per heavy atom. The first-order chi connectivity index (χ1) is 5.95. The first kappa shape index (κ1) is 9.98. The van der Waals surface area contributed by atoms with Crippen molar-refractivity contribution < 1.29 is 22.7 Å². The maximum Gasteiger partial charge on any atom is 0.225 e. The van der Waals surface area contributed by atoms with Gasteiger partial charge in [-0.15, -0.1) is 0 Å². The zero-order valence-corrected chi connectivity index (χ0v) is 6.61. The molecule has 1 rings (SSSR count). The van der Waals surface area contributed by atoms with E-state index in [2.05, 4.69) is 0 Å². The number of hydrogen-bond acceptors (Lipinski definition) is 1. The summed E-state index contributed by atoms with van der Waals surface area (Å²) in [7, 11) is 0. The Morgan fingerprint density at radius 3 is 2.23 bits per heavy atom. The summed E-state index contributed by atoms with van der Waals surface area (Å²) in [5.74, 6) is -4.13. The highest BCUT2D eigenvalue weighted by molar-refractivity contribution is 5.27. The van der Waals surface area contributed by atoms with Crippen molar-refractivity contribution in [1.82, 2.24) is 0 Å². The Balaban J connectivity index is 3.41. The molecule has 0 aliphatic heterocycles. The molecule has 0 aromatic heterocycles. The first-order valence-corrected chi connectivity index (χ1v) is 3.41. The van der Waals surface area contributed by atoms with E-state index in [4.69, 9.17) is 5.11 Å². The Morgan fingerprint density at radius 1 is 1.23 bits per heavy atom. The van der Waals surface area contributed by atoms with E-state index in [0.717, 1.165) is 6.92 Å². The fraction of sp³-hybridized carbons (Fsp3) is 0.250. The smallest absolute Gasteiger partial charge is 0.225 e. The van der Waals surface area contributed by atoms with Crippen molar-refractivity contribution in [3.8, 4) is 0 Å². The van der Waals surface area contributed by atoms with Gasteiger partial charge in [-0.05, 0) is 13.0 Å². The SMILES string of the molecule is Cc1c(F)cc(C(O)F)c(F)c1F. The summed E-state index contributed by atoms with van der Waals surface area (Å²) in [6.45, 7) is 1.02. The van der Waals surface area contributed by atoms with Crippen LogP contribution in [0, 0.1) is 24.4 Å². The average molecular weight is 194 g/mol. The fourth-order valence-corrected chi connectivity index (χ4v) is 0.878. The number of aliphatic hydroxyl groups is 1. The molecule has 1 N–H and O–H groups in total. The van der Waals surface area contributed by atoms with Crippen LogP contribution in [0.15, 0.2) is 6.07 Å². The molecule has 0 fully saturated rings. The van der Waals surface area contributed by atoms with Crippen LogP contribution >= 0.6 is 0 Å². The fourth-order valence-electron chi connectivity index (χ4n) is 0.878. The lowest BCUT2D eigenvalue weighted by molar-refractivity contribution is 0.0368. The molecule has 0 aliphatic rings. The molecule has 5 heteroatoms. The lowest BCUT2D eigenvalue weighted by Crippen LogP contribution is -2.02. The molecular weight excluding hydrogens is 188 g/mol. The van der Waals surface area contributed by atoms with E-state index >= 15 is 0 Å². The minimum atomic E-state index is -2.72. The molecule has 1 aromatic rings. The van der Waals surface area contributed by atoms with Crippen molar-refractivity contribution in [2.75, 3.05) is 0 Å². The van der Waals surface area contributed by atoms with Crippen molar-refractivity contribution >= 4 is 0 Å². The number of rotatable bonds is 1. The Bertz CT molecular complexity index is 335. The topological polar surface area (TPSA) is 20.2 Å². The maximum absolute atomic E-state index is 12.8. The molecular formula is C8H6F4O. The summed E-state index contributed by atoms with van der Waals surface area (Å²) in [6.07, 6.45) is -2.72. The van der Waals surface area contributed by atoms with Crippen molar-refractivity contribution in [2.45, 2.75) is 13.3 Å². The number of alkyl halides is 1. The van der Waals surface area contributed by atoms with Crippen LogP contribution in [0.2, 0.25) is 0 Å². The molecule has 1 aromatic carbocycles. The van der Waals surface area contributed by atoms with Crippen LogP contribution in [0.4, 0.5) is 17.6 Å². The van der Waals surface area contributed by atoms with Gasteiger partial charge < -0.3 is 5.11 Å². The molecule has 72 valence electrons. The highest BCUT2D eigenvalue weighted by atomic mass is 19.2. The minimum Gasteiger partial charge on any atom is -0.360 e. The summed E-state index contributed by atoms with van der Waals surface area (Å²) in [6, 6.07) is 0.429. The second-order valence-electron chi connectivity index (χ2n) is 2.54. The van der Waals surface area contributed by atoms with E-state index in [9.17, 15) is 17.6 Å². The molecule has 1 unspecified atom stereocenters. The van der Waals surface area contributed by atoms with Gasteiger partial charge in [0.25, 0.3) is 0 Å². The number of halogens is 4. The van der Waals surface area contributed by atoms with Crippen LogP contribution in [-0.2, 0) is 0 Å². The molecule has 0 bridgehead atoms. The lowest BCUT2D eigenvalue weighted by atomic mass is 10.1. The zero-order chi connectivity index (χ0) is 10.2. The van der Waals surface area contributed by atoms with Gasteiger partial charge in [-0.1, -0.05) is 0 Å². The largest absolute Gasteiger partial charge is 0.360 e. The van der Waals surface area contributed by atoms with E-state index < -0.39 is 34.9 Å². The Labute approximate surface area is 71.6 Å². The summed E-state index contributed by atoms with van der Waals surface area (Å²) in [5.41, 5.74) is -1.57. The Kier molecular flexibility index (Phi) is 2.56. The molecule has 0 radical (unpaired) electrons. The third kappa shape index (κ3) is 1.65. The predicted molar refractivity (Wildman–Crippen MR) is 37.1 cm³/mol. The second-order valence-corrected chi connectivity index (χ2v) is 2.54. The van der Waals surface area contributed by atoms with Gasteiger partial charge in [0.05, 0.1) is 5.56 Å². The normalized spacial score (nSPS) is 13.1. The van der Waals surface area contributed by atoms with Crippen LogP contribution < -0.4 is 0 Å². The minimum absolute atomic E-state index is 0.429. The molecule has 0 saturated heterocycles. The average Bonchev–Trinajstić information content (AvgIpc) is 2.07. The van der Waals surface area contributed by atoms with Gasteiger partial charge in [0.15, 0.2) is 11.6 Å². The number of benzene rings is 1. The molecule has 1 nitrogen and oxygen atoms in total.